The van der Waals surface area contributed by atoms with Gasteiger partial charge in [0.1, 0.15) is 19.0 Å². The third-order valence-electron chi connectivity index (χ3n) is 5.79. The van der Waals surface area contributed by atoms with Crippen molar-refractivity contribution in [2.24, 2.45) is 4.99 Å². The summed E-state index contributed by atoms with van der Waals surface area (Å²) in [6.07, 6.45) is -2.54. The van der Waals surface area contributed by atoms with Crippen molar-refractivity contribution >= 4 is 34.0 Å². The van der Waals surface area contributed by atoms with Gasteiger partial charge in [-0.1, -0.05) is 0 Å². The summed E-state index contributed by atoms with van der Waals surface area (Å²) in [7, 11) is 3.01. The number of rotatable bonds is 7. The molecule has 1 aromatic heterocycles. The monoisotopic (exact) mass is 492 g/mol. The Balaban J connectivity index is 1.66. The Morgan fingerprint density at radius 1 is 1.14 bits per heavy atom. The van der Waals surface area contributed by atoms with Crippen LogP contribution < -0.4 is 9.47 Å². The maximum Gasteiger partial charge on any atom is 0.408 e. The van der Waals surface area contributed by atoms with E-state index in [1.54, 1.807) is 19.2 Å². The molecule has 1 saturated heterocycles. The van der Waals surface area contributed by atoms with E-state index in [1.165, 1.54) is 13.4 Å². The standard InChI is InChI=1S/C23H23F3N4O5/c1-33-6-7-35-20-10-14-13(8-19(20)34-2)22(28-12-27-14)29-15-9-18(32)16(11-17(15)31)30-5-3-4-21(30)23(24,25)26/h8,10-12,21H,3-7,9H2,1-2H3. The fraction of sp³-hybridized carbons (Fsp3) is 0.435. The van der Waals surface area contributed by atoms with E-state index in [4.69, 9.17) is 14.2 Å². The van der Waals surface area contributed by atoms with E-state index in [2.05, 4.69) is 15.0 Å². The zero-order valence-electron chi connectivity index (χ0n) is 19.1. The molecule has 0 N–H and O–H groups in total. The average Bonchev–Trinajstić information content (AvgIpc) is 3.31. The molecule has 4 rings (SSSR count). The van der Waals surface area contributed by atoms with E-state index in [1.807, 2.05) is 0 Å². The van der Waals surface area contributed by atoms with E-state index in [9.17, 15) is 22.8 Å². The maximum absolute atomic E-state index is 13.4. The SMILES string of the molecule is COCCOc1cc2ncnc(N=C3CC(=O)C(N4CCCC4C(F)(F)F)=CC3=O)c2cc1OC. The minimum absolute atomic E-state index is 0.0621. The number of fused-ring (bicyclic) bond motifs is 1. The molecule has 0 radical (unpaired) electrons. The van der Waals surface area contributed by atoms with Gasteiger partial charge in [0.25, 0.3) is 0 Å². The van der Waals surface area contributed by atoms with Crippen molar-refractivity contribution < 1.29 is 37.0 Å². The summed E-state index contributed by atoms with van der Waals surface area (Å²) < 4.78 is 56.1. The Labute approximate surface area is 198 Å². The molecule has 0 saturated carbocycles. The van der Waals surface area contributed by atoms with Crippen LogP contribution in [0.1, 0.15) is 19.3 Å². The van der Waals surface area contributed by atoms with Gasteiger partial charge in [-0.05, 0) is 18.9 Å². The number of Topliss-reactive ketones (excluding diaryl/α,β-unsaturated/α-hetero) is 1. The molecule has 2 heterocycles. The molecule has 0 amide bonds. The Morgan fingerprint density at radius 3 is 2.66 bits per heavy atom. The fourth-order valence-corrected chi connectivity index (χ4v) is 4.13. The highest BCUT2D eigenvalue weighted by molar-refractivity contribution is 6.50. The molecule has 2 aliphatic rings. The Kier molecular flexibility index (Phi) is 7.01. The maximum atomic E-state index is 13.4. The number of hydrogen-bond acceptors (Lipinski definition) is 9. The average molecular weight is 492 g/mol. The van der Waals surface area contributed by atoms with Crippen LogP contribution in [0.4, 0.5) is 19.0 Å². The zero-order valence-corrected chi connectivity index (χ0v) is 19.1. The van der Waals surface area contributed by atoms with Crippen LogP contribution in [0.2, 0.25) is 0 Å². The highest BCUT2D eigenvalue weighted by Gasteiger charge is 2.48. The first kappa shape index (κ1) is 24.6. The van der Waals surface area contributed by atoms with Crippen molar-refractivity contribution in [2.45, 2.75) is 31.5 Å². The number of methoxy groups -OCH3 is 2. The van der Waals surface area contributed by atoms with Crippen LogP contribution in [0.5, 0.6) is 11.5 Å². The van der Waals surface area contributed by atoms with Crippen molar-refractivity contribution in [3.05, 3.63) is 30.2 Å². The number of likely N-dealkylation sites (tertiary alicyclic amines) is 1. The molecule has 186 valence electrons. The molecule has 1 aromatic carbocycles. The first-order chi connectivity index (χ1) is 16.7. The normalized spacial score (nSPS) is 20.0. The molecular weight excluding hydrogens is 469 g/mol. The van der Waals surface area contributed by atoms with E-state index in [0.29, 0.717) is 29.0 Å². The van der Waals surface area contributed by atoms with Crippen LogP contribution in [0.15, 0.2) is 35.2 Å². The quantitative estimate of drug-likeness (QED) is 0.543. The molecule has 0 spiro atoms. The third-order valence-corrected chi connectivity index (χ3v) is 5.79. The van der Waals surface area contributed by atoms with Gasteiger partial charge in [0.2, 0.25) is 5.78 Å². The number of hydrogen-bond donors (Lipinski definition) is 0. The van der Waals surface area contributed by atoms with Crippen molar-refractivity contribution in [3.8, 4) is 11.5 Å². The van der Waals surface area contributed by atoms with Gasteiger partial charge in [0, 0.05) is 31.2 Å². The van der Waals surface area contributed by atoms with Crippen LogP contribution in [0.3, 0.4) is 0 Å². The second kappa shape index (κ2) is 9.98. The Hall–Kier alpha value is -3.54. The zero-order chi connectivity index (χ0) is 25.2. The summed E-state index contributed by atoms with van der Waals surface area (Å²) in [6, 6.07) is 1.46. The number of benzene rings is 1. The number of alkyl halides is 3. The van der Waals surface area contributed by atoms with Gasteiger partial charge in [-0.25, -0.2) is 15.0 Å². The van der Waals surface area contributed by atoms with Crippen LogP contribution >= 0.6 is 0 Å². The van der Waals surface area contributed by atoms with Gasteiger partial charge in [-0.15, -0.1) is 0 Å². The highest BCUT2D eigenvalue weighted by Crippen LogP contribution is 2.37. The van der Waals surface area contributed by atoms with Gasteiger partial charge < -0.3 is 19.1 Å². The lowest BCUT2D eigenvalue weighted by atomic mass is 9.98. The van der Waals surface area contributed by atoms with Crippen LogP contribution in [0, 0.1) is 0 Å². The van der Waals surface area contributed by atoms with E-state index < -0.39 is 30.2 Å². The topological polar surface area (TPSA) is 103 Å². The second-order valence-corrected chi connectivity index (χ2v) is 8.00. The molecule has 12 heteroatoms. The van der Waals surface area contributed by atoms with Crippen LogP contribution in [-0.2, 0) is 14.3 Å². The molecule has 0 bridgehead atoms. The summed E-state index contributed by atoms with van der Waals surface area (Å²) in [6.45, 7) is 0.722. The molecular formula is C23H23F3N4O5. The van der Waals surface area contributed by atoms with E-state index >= 15 is 0 Å². The number of carbonyl (C=O) groups is 2. The summed E-state index contributed by atoms with van der Waals surface area (Å²) in [5.74, 6) is -0.296. The molecule has 2 aromatic rings. The number of halogens is 3. The fourth-order valence-electron chi connectivity index (χ4n) is 4.13. The molecule has 1 unspecified atom stereocenters. The molecule has 1 aliphatic carbocycles. The summed E-state index contributed by atoms with van der Waals surface area (Å²) in [5.41, 5.74) is 0.130. The lowest BCUT2D eigenvalue weighted by Gasteiger charge is -2.31. The van der Waals surface area contributed by atoms with E-state index in [0.717, 1.165) is 11.0 Å². The number of aromatic nitrogens is 2. The number of ketones is 2. The number of allylic oxidation sites excluding steroid dienone is 2. The largest absolute Gasteiger partial charge is 0.493 e. The smallest absolute Gasteiger partial charge is 0.408 e. The predicted octanol–water partition coefficient (Wildman–Crippen LogP) is 3.19. The molecule has 1 aliphatic heterocycles. The number of carbonyl (C=O) groups excluding carboxylic acids is 2. The highest BCUT2D eigenvalue weighted by atomic mass is 19.4. The number of aliphatic imine (C=N–C) groups is 1. The Bertz CT molecular complexity index is 1210. The predicted molar refractivity (Wildman–Crippen MR) is 119 cm³/mol. The van der Waals surface area contributed by atoms with Crippen LogP contribution in [-0.4, -0.2) is 78.3 Å². The van der Waals surface area contributed by atoms with Crippen molar-refractivity contribution in [2.75, 3.05) is 34.0 Å². The van der Waals surface area contributed by atoms with Gasteiger partial charge in [0.15, 0.2) is 23.1 Å². The number of ether oxygens (including phenoxy) is 3. The lowest BCUT2D eigenvalue weighted by Crippen LogP contribution is -2.44. The van der Waals surface area contributed by atoms with Gasteiger partial charge in [-0.3, -0.25) is 9.59 Å². The lowest BCUT2D eigenvalue weighted by molar-refractivity contribution is -0.172. The summed E-state index contributed by atoms with van der Waals surface area (Å²) in [5, 5.41) is 0.447. The number of nitrogens with zero attached hydrogens (tertiary/aromatic N) is 4. The van der Waals surface area contributed by atoms with Crippen LogP contribution in [0.25, 0.3) is 10.9 Å². The first-order valence-electron chi connectivity index (χ1n) is 10.9. The van der Waals surface area contributed by atoms with Crippen molar-refractivity contribution in [1.29, 1.82) is 0 Å². The molecule has 1 fully saturated rings. The minimum atomic E-state index is -4.49. The van der Waals surface area contributed by atoms with Gasteiger partial charge in [-0.2, -0.15) is 13.2 Å². The van der Waals surface area contributed by atoms with Gasteiger partial charge in [0.05, 0.1) is 37.1 Å². The third kappa shape index (κ3) is 5.11. The first-order valence-corrected chi connectivity index (χ1v) is 10.9. The van der Waals surface area contributed by atoms with Crippen molar-refractivity contribution in [1.82, 2.24) is 14.9 Å². The van der Waals surface area contributed by atoms with E-state index in [-0.39, 0.29) is 43.2 Å². The molecule has 1 atom stereocenters. The summed E-state index contributed by atoms with van der Waals surface area (Å²) >= 11 is 0. The molecule has 9 nitrogen and oxygen atoms in total. The summed E-state index contributed by atoms with van der Waals surface area (Å²) in [4.78, 5) is 39.1. The second-order valence-electron chi connectivity index (χ2n) is 8.00. The molecule has 35 heavy (non-hydrogen) atoms. The van der Waals surface area contributed by atoms with Crippen molar-refractivity contribution in [3.63, 3.8) is 0 Å². The minimum Gasteiger partial charge on any atom is -0.493 e. The van der Waals surface area contributed by atoms with Gasteiger partial charge >= 0.3 is 6.18 Å². The Morgan fingerprint density at radius 2 is 1.94 bits per heavy atom.